The maximum atomic E-state index is 13.4. The predicted octanol–water partition coefficient (Wildman–Crippen LogP) is 5.17. The van der Waals surface area contributed by atoms with Gasteiger partial charge >= 0.3 is 0 Å². The first kappa shape index (κ1) is 18.6. The highest BCUT2D eigenvalue weighted by Crippen LogP contribution is 2.33. The van der Waals surface area contributed by atoms with Crippen LogP contribution in [0.5, 0.6) is 0 Å². The molecular formula is C21H19ClFN3O2. The summed E-state index contributed by atoms with van der Waals surface area (Å²) >= 11 is 5.84. The molecule has 7 heteroatoms. The Morgan fingerprint density at radius 2 is 1.96 bits per heavy atom. The summed E-state index contributed by atoms with van der Waals surface area (Å²) in [5.41, 5.74) is 2.66. The van der Waals surface area contributed by atoms with Crippen LogP contribution in [0.15, 0.2) is 47.0 Å². The lowest BCUT2D eigenvalue weighted by Crippen LogP contribution is -2.24. The van der Waals surface area contributed by atoms with Gasteiger partial charge in [0.2, 0.25) is 17.6 Å². The first-order chi connectivity index (χ1) is 13.4. The van der Waals surface area contributed by atoms with Crippen molar-refractivity contribution in [3.8, 4) is 11.4 Å². The predicted molar refractivity (Wildman–Crippen MR) is 105 cm³/mol. The third kappa shape index (κ3) is 3.52. The summed E-state index contributed by atoms with van der Waals surface area (Å²) in [6.45, 7) is 4.66. The zero-order valence-corrected chi connectivity index (χ0v) is 16.3. The molecule has 1 aromatic heterocycles. The Hall–Kier alpha value is -2.73. The third-order valence-electron chi connectivity index (χ3n) is 4.97. The zero-order chi connectivity index (χ0) is 19.8. The van der Waals surface area contributed by atoms with Crippen molar-refractivity contribution in [3.05, 3.63) is 64.8 Å². The lowest BCUT2D eigenvalue weighted by molar-refractivity contribution is -0.117. The summed E-state index contributed by atoms with van der Waals surface area (Å²) in [6, 6.07) is 12.3. The summed E-state index contributed by atoms with van der Waals surface area (Å²) in [7, 11) is 0. The number of halogens is 2. The second kappa shape index (κ2) is 7.36. The molecule has 3 aromatic rings. The summed E-state index contributed by atoms with van der Waals surface area (Å²) in [4.78, 5) is 18.5. The average molecular weight is 400 g/mol. The first-order valence-electron chi connectivity index (χ1n) is 9.11. The lowest BCUT2D eigenvalue weighted by Gasteiger charge is -2.16. The Bertz CT molecular complexity index is 1020. The van der Waals surface area contributed by atoms with E-state index in [1.165, 1.54) is 23.8 Å². The molecule has 1 aliphatic heterocycles. The van der Waals surface area contributed by atoms with Crippen molar-refractivity contribution < 1.29 is 13.7 Å². The smallest absolute Gasteiger partial charge is 0.232 e. The van der Waals surface area contributed by atoms with Crippen molar-refractivity contribution >= 4 is 23.2 Å². The normalized spacial score (nSPS) is 17.0. The minimum absolute atomic E-state index is 0.0151. The fraction of sp³-hybridized carbons (Fsp3) is 0.286. The molecule has 1 fully saturated rings. The van der Waals surface area contributed by atoms with Gasteiger partial charge in [-0.3, -0.25) is 4.79 Å². The Labute approximate surface area is 167 Å². The van der Waals surface area contributed by atoms with E-state index in [2.05, 4.69) is 36.1 Å². The number of aromatic nitrogens is 2. The maximum absolute atomic E-state index is 13.4. The number of hydrogen-bond acceptors (Lipinski definition) is 4. The summed E-state index contributed by atoms with van der Waals surface area (Å²) in [6.07, 6.45) is 0.253. The second-order valence-electron chi connectivity index (χ2n) is 7.24. The highest BCUT2D eigenvalue weighted by Gasteiger charge is 2.35. The van der Waals surface area contributed by atoms with Crippen LogP contribution in [0, 0.1) is 5.82 Å². The van der Waals surface area contributed by atoms with Gasteiger partial charge in [-0.25, -0.2) is 4.39 Å². The van der Waals surface area contributed by atoms with Gasteiger partial charge in [0, 0.05) is 24.2 Å². The van der Waals surface area contributed by atoms with E-state index < -0.39 is 5.82 Å². The number of amides is 1. The van der Waals surface area contributed by atoms with E-state index in [1.54, 1.807) is 4.90 Å². The molecule has 2 aromatic carbocycles. The molecule has 1 unspecified atom stereocenters. The molecule has 5 nitrogen and oxygen atoms in total. The molecule has 0 bridgehead atoms. The van der Waals surface area contributed by atoms with Gasteiger partial charge in [-0.2, -0.15) is 4.98 Å². The molecule has 144 valence electrons. The molecule has 1 saturated heterocycles. The van der Waals surface area contributed by atoms with Gasteiger partial charge in [0.15, 0.2) is 0 Å². The number of benzene rings is 2. The van der Waals surface area contributed by atoms with Crippen LogP contribution in [-0.2, 0) is 4.79 Å². The molecule has 2 heterocycles. The first-order valence-corrected chi connectivity index (χ1v) is 9.49. The fourth-order valence-electron chi connectivity index (χ4n) is 3.31. The van der Waals surface area contributed by atoms with Crippen molar-refractivity contribution in [2.75, 3.05) is 11.4 Å². The molecular weight excluding hydrogens is 381 g/mol. The monoisotopic (exact) mass is 399 g/mol. The second-order valence-corrected chi connectivity index (χ2v) is 7.64. The minimum atomic E-state index is -0.515. The molecule has 0 N–H and O–H groups in total. The van der Waals surface area contributed by atoms with Crippen LogP contribution in [0.1, 0.15) is 43.6 Å². The molecule has 1 atom stereocenters. The number of hydrogen-bond donors (Lipinski definition) is 0. The van der Waals surface area contributed by atoms with Gasteiger partial charge in [-0.15, -0.1) is 0 Å². The number of rotatable bonds is 4. The van der Waals surface area contributed by atoms with E-state index in [-0.39, 0.29) is 23.3 Å². The van der Waals surface area contributed by atoms with Gasteiger partial charge < -0.3 is 9.42 Å². The number of anilines is 1. The molecule has 28 heavy (non-hydrogen) atoms. The molecule has 0 spiro atoms. The Morgan fingerprint density at radius 3 is 2.64 bits per heavy atom. The Kier molecular flexibility index (Phi) is 4.89. The fourth-order valence-corrected chi connectivity index (χ4v) is 3.49. The zero-order valence-electron chi connectivity index (χ0n) is 15.5. The van der Waals surface area contributed by atoms with Crippen LogP contribution in [0.4, 0.5) is 10.1 Å². The van der Waals surface area contributed by atoms with E-state index in [1.807, 2.05) is 12.1 Å². The largest absolute Gasteiger partial charge is 0.339 e. The van der Waals surface area contributed by atoms with E-state index in [4.69, 9.17) is 16.1 Å². The highest BCUT2D eigenvalue weighted by atomic mass is 35.5. The van der Waals surface area contributed by atoms with Crippen molar-refractivity contribution in [2.45, 2.75) is 32.1 Å². The summed E-state index contributed by atoms with van der Waals surface area (Å²) < 4.78 is 18.8. The van der Waals surface area contributed by atoms with Crippen LogP contribution >= 0.6 is 11.6 Å². The molecule has 0 saturated carbocycles. The topological polar surface area (TPSA) is 59.2 Å². The van der Waals surface area contributed by atoms with Crippen LogP contribution in [0.2, 0.25) is 5.02 Å². The molecule has 0 aliphatic carbocycles. The van der Waals surface area contributed by atoms with Crippen LogP contribution < -0.4 is 4.90 Å². The van der Waals surface area contributed by atoms with E-state index >= 15 is 0 Å². The highest BCUT2D eigenvalue weighted by molar-refractivity contribution is 6.31. The van der Waals surface area contributed by atoms with Gasteiger partial charge in [0.1, 0.15) is 5.82 Å². The van der Waals surface area contributed by atoms with Gasteiger partial charge in [-0.05, 0) is 29.7 Å². The van der Waals surface area contributed by atoms with Crippen LogP contribution in [0.25, 0.3) is 11.4 Å². The molecule has 1 amide bonds. The summed E-state index contributed by atoms with van der Waals surface area (Å²) in [5.74, 6) is 0.554. The van der Waals surface area contributed by atoms with Gasteiger partial charge in [0.05, 0.1) is 10.9 Å². The third-order valence-corrected chi connectivity index (χ3v) is 5.26. The maximum Gasteiger partial charge on any atom is 0.232 e. The van der Waals surface area contributed by atoms with Crippen molar-refractivity contribution in [1.29, 1.82) is 0 Å². The van der Waals surface area contributed by atoms with Crippen LogP contribution in [0.3, 0.4) is 0 Å². The Balaban J connectivity index is 1.53. The SMILES string of the molecule is CC(C)c1ccc(-c2noc(C3CC(=O)N(c4ccc(F)c(Cl)c4)C3)n2)cc1. The molecule has 0 radical (unpaired) electrons. The number of carbonyl (C=O) groups is 1. The lowest BCUT2D eigenvalue weighted by atomic mass is 10.0. The summed E-state index contributed by atoms with van der Waals surface area (Å²) in [5, 5.41) is 4.05. The standard InChI is InChI=1S/C21H19ClFN3O2/c1-12(2)13-3-5-14(6-4-13)20-24-21(28-25-20)15-9-19(27)26(11-15)16-7-8-18(23)17(22)10-16/h3-8,10,12,15H,9,11H2,1-2H3. The quantitative estimate of drug-likeness (QED) is 0.607. The number of carbonyl (C=O) groups excluding carboxylic acids is 1. The van der Waals surface area contributed by atoms with Gasteiger partial charge in [-0.1, -0.05) is 54.9 Å². The molecule has 1 aliphatic rings. The van der Waals surface area contributed by atoms with E-state index in [0.717, 1.165) is 5.56 Å². The van der Waals surface area contributed by atoms with Gasteiger partial charge in [0.25, 0.3) is 0 Å². The van der Waals surface area contributed by atoms with Crippen LogP contribution in [-0.4, -0.2) is 22.6 Å². The minimum Gasteiger partial charge on any atom is -0.339 e. The average Bonchev–Trinajstić information content (AvgIpc) is 3.31. The van der Waals surface area contributed by atoms with Crippen molar-refractivity contribution in [1.82, 2.24) is 10.1 Å². The van der Waals surface area contributed by atoms with Crippen molar-refractivity contribution in [3.63, 3.8) is 0 Å². The number of nitrogens with zero attached hydrogens (tertiary/aromatic N) is 3. The molecule has 4 rings (SSSR count). The van der Waals surface area contributed by atoms with Crippen molar-refractivity contribution in [2.24, 2.45) is 0 Å². The van der Waals surface area contributed by atoms with E-state index in [9.17, 15) is 9.18 Å². The van der Waals surface area contributed by atoms with E-state index in [0.29, 0.717) is 29.9 Å². The Morgan fingerprint density at radius 1 is 1.21 bits per heavy atom.